The maximum absolute atomic E-state index is 11.6. The number of nitrogens with one attached hydrogen (secondary N) is 1. The number of para-hydroxylation sites is 1. The van der Waals surface area contributed by atoms with E-state index < -0.39 is 0 Å². The van der Waals surface area contributed by atoms with E-state index in [4.69, 9.17) is 27.9 Å². The van der Waals surface area contributed by atoms with Gasteiger partial charge in [0.05, 0.1) is 17.8 Å². The highest BCUT2D eigenvalue weighted by Crippen LogP contribution is 2.38. The van der Waals surface area contributed by atoms with Crippen LogP contribution in [0.25, 0.3) is 22.2 Å². The molecule has 1 aromatic heterocycles. The average Bonchev–Trinajstić information content (AvgIpc) is 2.85. The molecule has 0 bridgehead atoms. The van der Waals surface area contributed by atoms with Crippen molar-refractivity contribution in [3.8, 4) is 17.0 Å². The Bertz CT molecular complexity index is 840. The zero-order valence-electron chi connectivity index (χ0n) is 11.1. The van der Waals surface area contributed by atoms with Crippen molar-refractivity contribution in [2.45, 2.75) is 0 Å². The number of H-pyrrole nitrogens is 1. The molecule has 0 unspecified atom stereocenters. The molecule has 1 N–H and O–H groups in total. The van der Waals surface area contributed by atoms with Crippen LogP contribution in [0.15, 0.2) is 36.4 Å². The summed E-state index contributed by atoms with van der Waals surface area (Å²) in [4.78, 5) is 14.8. The molecule has 3 nitrogen and oxygen atoms in total. The van der Waals surface area contributed by atoms with Gasteiger partial charge in [-0.15, -0.1) is 0 Å². The molecule has 0 saturated heterocycles. The zero-order chi connectivity index (χ0) is 15.0. The number of carbonyl (C=O) groups is 1. The van der Waals surface area contributed by atoms with E-state index in [1.54, 1.807) is 19.2 Å². The van der Waals surface area contributed by atoms with Crippen LogP contribution in [-0.2, 0) is 0 Å². The summed E-state index contributed by atoms with van der Waals surface area (Å²) in [5.41, 5.74) is 2.68. The summed E-state index contributed by atoms with van der Waals surface area (Å²) < 4.78 is 5.35. The van der Waals surface area contributed by atoms with Gasteiger partial charge >= 0.3 is 0 Å². The molecule has 0 aliphatic heterocycles. The van der Waals surface area contributed by atoms with Gasteiger partial charge in [0.1, 0.15) is 5.75 Å². The van der Waals surface area contributed by atoms with Crippen molar-refractivity contribution in [2.75, 3.05) is 7.11 Å². The van der Waals surface area contributed by atoms with E-state index in [-0.39, 0.29) is 0 Å². The summed E-state index contributed by atoms with van der Waals surface area (Å²) >= 11 is 12.2. The van der Waals surface area contributed by atoms with E-state index in [0.29, 0.717) is 32.4 Å². The molecule has 0 fully saturated rings. The van der Waals surface area contributed by atoms with Gasteiger partial charge in [-0.25, -0.2) is 0 Å². The topological polar surface area (TPSA) is 42.1 Å². The second-order valence-corrected chi connectivity index (χ2v) is 5.39. The molecule has 0 saturated carbocycles. The summed E-state index contributed by atoms with van der Waals surface area (Å²) in [5.74, 6) is 0.675. The molecule has 2 aromatic carbocycles. The molecule has 0 aliphatic rings. The molecule has 1 heterocycles. The number of hydrogen-bond acceptors (Lipinski definition) is 2. The van der Waals surface area contributed by atoms with Crippen molar-refractivity contribution < 1.29 is 9.53 Å². The largest absolute Gasteiger partial charge is 0.496 e. The fraction of sp³-hybridized carbons (Fsp3) is 0.0625. The Morgan fingerprint density at radius 3 is 2.67 bits per heavy atom. The number of aldehydes is 1. The second kappa shape index (κ2) is 5.43. The van der Waals surface area contributed by atoms with Crippen molar-refractivity contribution in [1.29, 1.82) is 0 Å². The predicted octanol–water partition coefficient (Wildman–Crippen LogP) is 4.96. The number of ether oxygens (including phenoxy) is 1. The minimum atomic E-state index is 0.442. The minimum Gasteiger partial charge on any atom is -0.496 e. The third-order valence-corrected chi connectivity index (χ3v) is 3.86. The number of aromatic nitrogens is 1. The Kier molecular flexibility index (Phi) is 3.62. The van der Waals surface area contributed by atoms with Gasteiger partial charge in [0.2, 0.25) is 0 Å². The summed E-state index contributed by atoms with van der Waals surface area (Å²) in [5, 5.41) is 1.62. The first-order chi connectivity index (χ1) is 10.2. The Morgan fingerprint density at radius 1 is 1.19 bits per heavy atom. The number of methoxy groups -OCH3 is 1. The zero-order valence-corrected chi connectivity index (χ0v) is 12.6. The quantitative estimate of drug-likeness (QED) is 0.693. The van der Waals surface area contributed by atoms with E-state index in [1.165, 1.54) is 0 Å². The monoisotopic (exact) mass is 319 g/mol. The summed E-state index contributed by atoms with van der Waals surface area (Å²) in [7, 11) is 1.59. The lowest BCUT2D eigenvalue weighted by Gasteiger charge is -2.07. The number of halogens is 2. The fourth-order valence-electron chi connectivity index (χ4n) is 2.45. The number of hydrogen-bond donors (Lipinski definition) is 1. The van der Waals surface area contributed by atoms with Crippen molar-refractivity contribution in [2.24, 2.45) is 0 Å². The van der Waals surface area contributed by atoms with Crippen LogP contribution in [0.1, 0.15) is 10.4 Å². The predicted molar refractivity (Wildman–Crippen MR) is 85.7 cm³/mol. The SMILES string of the molecule is COc1ccccc1-c1[nH]c2cc(Cl)cc(Cl)c2c1C=O. The molecule has 5 heteroatoms. The molecule has 0 amide bonds. The maximum Gasteiger partial charge on any atom is 0.152 e. The van der Waals surface area contributed by atoms with Crippen LogP contribution in [-0.4, -0.2) is 18.4 Å². The van der Waals surface area contributed by atoms with Gasteiger partial charge in [-0.2, -0.15) is 0 Å². The molecule has 0 aliphatic carbocycles. The molecule has 0 spiro atoms. The van der Waals surface area contributed by atoms with E-state index in [2.05, 4.69) is 4.98 Å². The molecular formula is C16H11Cl2NO2. The van der Waals surface area contributed by atoms with Crippen LogP contribution in [0.3, 0.4) is 0 Å². The Labute approximate surface area is 131 Å². The lowest BCUT2D eigenvalue weighted by molar-refractivity contribution is 0.112. The summed E-state index contributed by atoms with van der Waals surface area (Å²) in [6.07, 6.45) is 0.792. The highest BCUT2D eigenvalue weighted by Gasteiger charge is 2.18. The Morgan fingerprint density at radius 2 is 1.95 bits per heavy atom. The van der Waals surface area contributed by atoms with E-state index in [9.17, 15) is 4.79 Å². The highest BCUT2D eigenvalue weighted by molar-refractivity contribution is 6.39. The van der Waals surface area contributed by atoms with Crippen molar-refractivity contribution in [3.63, 3.8) is 0 Å². The normalized spacial score (nSPS) is 10.8. The number of fused-ring (bicyclic) bond motifs is 1. The third-order valence-electron chi connectivity index (χ3n) is 3.35. The molecule has 3 aromatic rings. The summed E-state index contributed by atoms with van der Waals surface area (Å²) in [6.45, 7) is 0. The van der Waals surface area contributed by atoms with Crippen LogP contribution < -0.4 is 4.74 Å². The van der Waals surface area contributed by atoms with Crippen molar-refractivity contribution in [3.05, 3.63) is 52.0 Å². The van der Waals surface area contributed by atoms with Crippen molar-refractivity contribution >= 4 is 40.4 Å². The third kappa shape index (κ3) is 2.28. The van der Waals surface area contributed by atoms with Crippen LogP contribution >= 0.6 is 23.2 Å². The molecular weight excluding hydrogens is 309 g/mol. The van der Waals surface area contributed by atoms with Crippen LogP contribution in [0, 0.1) is 0 Å². The van der Waals surface area contributed by atoms with Gasteiger partial charge in [-0.3, -0.25) is 4.79 Å². The first-order valence-corrected chi connectivity index (χ1v) is 7.00. The van der Waals surface area contributed by atoms with Gasteiger partial charge < -0.3 is 9.72 Å². The average molecular weight is 320 g/mol. The summed E-state index contributed by atoms with van der Waals surface area (Å²) in [6, 6.07) is 10.8. The fourth-order valence-corrected chi connectivity index (χ4v) is 3.05. The van der Waals surface area contributed by atoms with E-state index in [1.807, 2.05) is 24.3 Å². The van der Waals surface area contributed by atoms with Crippen LogP contribution in [0.5, 0.6) is 5.75 Å². The standard InChI is InChI=1S/C16H11Cl2NO2/c1-21-14-5-3-2-4-10(14)16-11(8-20)15-12(18)6-9(17)7-13(15)19-16/h2-8,19H,1H3. The first kappa shape index (κ1) is 14.0. The lowest BCUT2D eigenvalue weighted by Crippen LogP contribution is -1.90. The minimum absolute atomic E-state index is 0.442. The first-order valence-electron chi connectivity index (χ1n) is 6.25. The van der Waals surface area contributed by atoms with E-state index in [0.717, 1.165) is 17.4 Å². The van der Waals surface area contributed by atoms with Gasteiger partial charge in [0.15, 0.2) is 6.29 Å². The van der Waals surface area contributed by atoms with Crippen LogP contribution in [0.2, 0.25) is 10.0 Å². The highest BCUT2D eigenvalue weighted by atomic mass is 35.5. The second-order valence-electron chi connectivity index (χ2n) is 4.54. The van der Waals surface area contributed by atoms with Crippen molar-refractivity contribution in [1.82, 2.24) is 4.98 Å². The maximum atomic E-state index is 11.6. The number of aromatic amines is 1. The number of benzene rings is 2. The smallest absolute Gasteiger partial charge is 0.152 e. The Hall–Kier alpha value is -1.97. The molecule has 3 rings (SSSR count). The Balaban J connectivity index is 2.38. The molecule has 106 valence electrons. The van der Waals surface area contributed by atoms with Gasteiger partial charge in [-0.05, 0) is 24.3 Å². The number of rotatable bonds is 3. The lowest BCUT2D eigenvalue weighted by atomic mass is 10.1. The van der Waals surface area contributed by atoms with Crippen LogP contribution in [0.4, 0.5) is 0 Å². The number of carbonyl (C=O) groups excluding carboxylic acids is 1. The molecule has 0 atom stereocenters. The van der Waals surface area contributed by atoms with Gasteiger partial charge in [-0.1, -0.05) is 35.3 Å². The van der Waals surface area contributed by atoms with E-state index >= 15 is 0 Å². The van der Waals surface area contributed by atoms with Gasteiger partial charge in [0.25, 0.3) is 0 Å². The molecule has 21 heavy (non-hydrogen) atoms. The molecule has 0 radical (unpaired) electrons. The van der Waals surface area contributed by atoms with Gasteiger partial charge in [0, 0.05) is 27.1 Å².